The van der Waals surface area contributed by atoms with Crippen molar-refractivity contribution in [3.8, 4) is 0 Å². The van der Waals surface area contributed by atoms with Crippen LogP contribution in [0.1, 0.15) is 11.1 Å². The van der Waals surface area contributed by atoms with Crippen molar-refractivity contribution in [3.05, 3.63) is 52.1 Å². The first-order valence-corrected chi connectivity index (χ1v) is 8.26. The van der Waals surface area contributed by atoms with Crippen molar-refractivity contribution >= 4 is 29.5 Å². The number of benzene rings is 1. The molecule has 0 spiro atoms. The predicted octanol–water partition coefficient (Wildman–Crippen LogP) is 3.08. The number of nitrogens with one attached hydrogen (secondary N) is 1. The molecule has 1 aromatic carbocycles. The Morgan fingerprint density at radius 3 is 2.67 bits per heavy atom. The number of likely N-dealkylation sites (N-methyl/N-ethyl adjacent to an activating group) is 1. The first-order chi connectivity index (χ1) is 11.7. The van der Waals surface area contributed by atoms with Gasteiger partial charge in [-0.3, -0.25) is 0 Å². The van der Waals surface area contributed by atoms with Crippen LogP contribution in [-0.2, 0) is 6.54 Å². The zero-order valence-electron chi connectivity index (χ0n) is 13.6. The predicted molar refractivity (Wildman–Crippen MR) is 97.8 cm³/mol. The molecule has 1 aliphatic rings. The molecule has 0 aliphatic carbocycles. The number of aromatic nitrogens is 2. The van der Waals surface area contributed by atoms with Crippen LogP contribution in [0.5, 0.6) is 0 Å². The molecule has 7 heteroatoms. The van der Waals surface area contributed by atoms with E-state index in [2.05, 4.69) is 32.1 Å². The molecular formula is C17H20ClN6-. The third-order valence-electron chi connectivity index (χ3n) is 4.15. The van der Waals surface area contributed by atoms with E-state index < -0.39 is 0 Å². The van der Waals surface area contributed by atoms with Gasteiger partial charge in [0.1, 0.15) is 5.82 Å². The van der Waals surface area contributed by atoms with Crippen molar-refractivity contribution in [2.75, 3.05) is 38.1 Å². The van der Waals surface area contributed by atoms with Crippen LogP contribution >= 0.6 is 11.6 Å². The minimum absolute atomic E-state index is 0.430. The van der Waals surface area contributed by atoms with Crippen molar-refractivity contribution in [2.45, 2.75) is 6.54 Å². The Morgan fingerprint density at radius 2 is 1.96 bits per heavy atom. The Hall–Kier alpha value is -2.18. The highest BCUT2D eigenvalue weighted by Gasteiger charge is 2.17. The van der Waals surface area contributed by atoms with Crippen LogP contribution in [-0.4, -0.2) is 54.3 Å². The first-order valence-electron chi connectivity index (χ1n) is 7.89. The fraction of sp³-hybridized carbons (Fsp3) is 0.353. The Labute approximate surface area is 147 Å². The lowest BCUT2D eigenvalue weighted by Gasteiger charge is -2.35. The fourth-order valence-electron chi connectivity index (χ4n) is 2.69. The second-order valence-electron chi connectivity index (χ2n) is 5.78. The highest BCUT2D eigenvalue weighted by molar-refractivity contribution is 6.31. The van der Waals surface area contributed by atoms with Gasteiger partial charge in [0, 0.05) is 49.3 Å². The Kier molecular flexibility index (Phi) is 5.27. The summed E-state index contributed by atoms with van der Waals surface area (Å²) >= 11 is 6.18. The van der Waals surface area contributed by atoms with Crippen LogP contribution in [0.15, 0.2) is 30.6 Å². The van der Waals surface area contributed by atoms with E-state index in [1.165, 1.54) is 12.5 Å². The second-order valence-corrected chi connectivity index (χ2v) is 6.18. The molecule has 0 saturated carbocycles. The van der Waals surface area contributed by atoms with E-state index in [1.807, 2.05) is 24.3 Å². The monoisotopic (exact) mass is 343 g/mol. The van der Waals surface area contributed by atoms with Gasteiger partial charge in [-0.25, -0.2) is 4.98 Å². The maximum absolute atomic E-state index is 7.78. The maximum atomic E-state index is 7.78. The lowest BCUT2D eigenvalue weighted by Crippen LogP contribution is -2.45. The Bertz CT molecular complexity index is 712. The second kappa shape index (κ2) is 7.59. The summed E-state index contributed by atoms with van der Waals surface area (Å²) < 4.78 is 0. The molecule has 24 heavy (non-hydrogen) atoms. The highest BCUT2D eigenvalue weighted by atomic mass is 35.5. The molecule has 0 bridgehead atoms. The lowest BCUT2D eigenvalue weighted by molar-refractivity contribution is 0.312. The van der Waals surface area contributed by atoms with E-state index in [9.17, 15) is 0 Å². The van der Waals surface area contributed by atoms with Gasteiger partial charge in [-0.2, -0.15) is 0 Å². The van der Waals surface area contributed by atoms with E-state index in [4.69, 9.17) is 17.0 Å². The molecule has 3 rings (SSSR count). The van der Waals surface area contributed by atoms with Crippen molar-refractivity contribution in [2.24, 2.45) is 0 Å². The molecule has 1 N–H and O–H groups in total. The highest BCUT2D eigenvalue weighted by Crippen LogP contribution is 2.29. The molecule has 2 heterocycles. The van der Waals surface area contributed by atoms with Crippen LogP contribution in [0.2, 0.25) is 5.02 Å². The Balaban J connectivity index is 1.80. The van der Waals surface area contributed by atoms with Crippen LogP contribution in [0.3, 0.4) is 0 Å². The number of rotatable bonds is 5. The van der Waals surface area contributed by atoms with Gasteiger partial charge in [-0.15, -0.1) is 0 Å². The Morgan fingerprint density at radius 1 is 1.21 bits per heavy atom. The van der Waals surface area contributed by atoms with Gasteiger partial charge in [0.05, 0.1) is 0 Å². The van der Waals surface area contributed by atoms with E-state index >= 15 is 0 Å². The largest absolute Gasteiger partial charge is 0.460 e. The molecule has 6 nitrogen and oxygen atoms in total. The van der Waals surface area contributed by atoms with Gasteiger partial charge >= 0.3 is 0 Å². The minimum atomic E-state index is 0.430. The minimum Gasteiger partial charge on any atom is -0.460 e. The number of hydrogen-bond acceptors (Lipinski definition) is 5. The normalized spacial score (nSPS) is 15.3. The topological polar surface area (TPSA) is 70.2 Å². The maximum Gasteiger partial charge on any atom is 0.136 e. The summed E-state index contributed by atoms with van der Waals surface area (Å²) in [4.78, 5) is 13.1. The van der Waals surface area contributed by atoms with Crippen molar-refractivity contribution in [1.29, 1.82) is 5.41 Å². The summed E-state index contributed by atoms with van der Waals surface area (Å²) in [5.74, 6) is 1.32. The zero-order chi connectivity index (χ0) is 16.9. The van der Waals surface area contributed by atoms with E-state index in [0.717, 1.165) is 37.6 Å². The third-order valence-corrected chi connectivity index (χ3v) is 4.51. The van der Waals surface area contributed by atoms with Crippen LogP contribution < -0.4 is 4.90 Å². The molecule has 1 aromatic heterocycles. The van der Waals surface area contributed by atoms with E-state index in [1.54, 1.807) is 0 Å². The van der Waals surface area contributed by atoms with Crippen LogP contribution in [0.4, 0.5) is 11.6 Å². The molecule has 126 valence electrons. The number of halogens is 1. The van der Waals surface area contributed by atoms with Gasteiger partial charge in [0.2, 0.25) is 0 Å². The SMILES string of the molecule is CN1CCN(c2ncnc([N-]Cc3ccccc3Cl)c2C=N)CC1. The molecule has 0 amide bonds. The van der Waals surface area contributed by atoms with Crippen LogP contribution in [0.25, 0.3) is 5.32 Å². The molecule has 1 fully saturated rings. The van der Waals surface area contributed by atoms with Gasteiger partial charge in [-0.1, -0.05) is 29.8 Å². The molecule has 0 radical (unpaired) electrons. The summed E-state index contributed by atoms with van der Waals surface area (Å²) in [6.07, 6.45) is 2.81. The fourth-order valence-corrected chi connectivity index (χ4v) is 2.88. The number of hydrogen-bond donors (Lipinski definition) is 1. The molecule has 1 saturated heterocycles. The summed E-state index contributed by atoms with van der Waals surface area (Å²) in [6.45, 7) is 4.16. The number of nitrogens with zero attached hydrogens (tertiary/aromatic N) is 5. The van der Waals surface area contributed by atoms with Crippen LogP contribution in [0, 0.1) is 5.41 Å². The van der Waals surface area contributed by atoms with Gasteiger partial charge in [-0.05, 0) is 31.0 Å². The number of anilines is 1. The van der Waals surface area contributed by atoms with Gasteiger partial charge in [0.15, 0.2) is 0 Å². The molecule has 2 aromatic rings. The summed E-state index contributed by atoms with van der Waals surface area (Å²) in [6, 6.07) is 7.62. The summed E-state index contributed by atoms with van der Waals surface area (Å²) in [5, 5.41) is 13.0. The lowest BCUT2D eigenvalue weighted by atomic mass is 10.2. The summed E-state index contributed by atoms with van der Waals surface area (Å²) in [7, 11) is 2.11. The zero-order valence-corrected chi connectivity index (χ0v) is 14.4. The number of piperazine rings is 1. The standard InChI is InChI=1S/C17H20ClN6/c1-23-6-8-24(9-7-23)17-14(10-19)16(21-12-22-17)20-11-13-4-2-3-5-15(13)18/h2-5,10,12,19H,6-9,11H2,1H3/q-1. The quantitative estimate of drug-likeness (QED) is 0.847. The van der Waals surface area contributed by atoms with Gasteiger partial charge in [0.25, 0.3) is 0 Å². The molecule has 1 aliphatic heterocycles. The molecule has 0 atom stereocenters. The summed E-state index contributed by atoms with van der Waals surface area (Å²) in [5.41, 5.74) is 1.60. The smallest absolute Gasteiger partial charge is 0.136 e. The first kappa shape index (κ1) is 16.7. The van der Waals surface area contributed by atoms with Crippen molar-refractivity contribution in [3.63, 3.8) is 0 Å². The average molecular weight is 344 g/mol. The average Bonchev–Trinajstić information content (AvgIpc) is 2.61. The van der Waals surface area contributed by atoms with E-state index in [0.29, 0.717) is 22.9 Å². The third kappa shape index (κ3) is 3.66. The van der Waals surface area contributed by atoms with Gasteiger partial charge < -0.3 is 25.5 Å². The van der Waals surface area contributed by atoms with Crippen molar-refractivity contribution < 1.29 is 0 Å². The van der Waals surface area contributed by atoms with E-state index in [-0.39, 0.29) is 0 Å². The van der Waals surface area contributed by atoms with Crippen molar-refractivity contribution in [1.82, 2.24) is 14.9 Å². The molecular weight excluding hydrogens is 324 g/mol. The molecule has 0 unspecified atom stereocenters.